The van der Waals surface area contributed by atoms with Crippen LogP contribution in [0.25, 0.3) is 0 Å². The van der Waals surface area contributed by atoms with Crippen molar-refractivity contribution >= 4 is 29.9 Å². The molecule has 0 aromatic carbocycles. The van der Waals surface area contributed by atoms with Crippen molar-refractivity contribution in [3.8, 4) is 0 Å². The number of aliphatic imine (C=N–C) groups is 1. The van der Waals surface area contributed by atoms with Crippen LogP contribution in [0.4, 0.5) is 0 Å². The molecule has 1 atom stereocenters. The van der Waals surface area contributed by atoms with Crippen LogP contribution in [-0.2, 0) is 6.42 Å². The summed E-state index contributed by atoms with van der Waals surface area (Å²) in [5, 5.41) is 17.3. The first-order valence-electron chi connectivity index (χ1n) is 8.89. The molecule has 7 heteroatoms. The van der Waals surface area contributed by atoms with E-state index in [1.807, 2.05) is 38.1 Å². The smallest absolute Gasteiger partial charge is 0.191 e. The van der Waals surface area contributed by atoms with Crippen LogP contribution >= 0.6 is 24.0 Å². The average Bonchev–Trinajstić information content (AvgIpc) is 3.16. The summed E-state index contributed by atoms with van der Waals surface area (Å²) in [6.45, 7) is 3.53. The van der Waals surface area contributed by atoms with Crippen molar-refractivity contribution in [3.05, 3.63) is 24.2 Å². The van der Waals surface area contributed by atoms with E-state index in [2.05, 4.69) is 15.6 Å². The SMILES string of the molecule is CN(C)CC(C)(O)CN=C(NCCc1ccco1)NC1CCCC1.I. The molecule has 2 rings (SSSR count). The molecule has 0 spiro atoms. The summed E-state index contributed by atoms with van der Waals surface area (Å²) in [7, 11) is 3.91. The molecule has 1 unspecified atom stereocenters. The molecule has 25 heavy (non-hydrogen) atoms. The minimum atomic E-state index is -0.838. The maximum Gasteiger partial charge on any atom is 0.191 e. The number of guanidine groups is 1. The van der Waals surface area contributed by atoms with E-state index in [9.17, 15) is 5.11 Å². The molecule has 0 aliphatic heterocycles. The van der Waals surface area contributed by atoms with Gasteiger partial charge in [0.2, 0.25) is 0 Å². The third-order valence-electron chi connectivity index (χ3n) is 4.17. The zero-order chi connectivity index (χ0) is 17.4. The molecule has 1 heterocycles. The topological polar surface area (TPSA) is 73.0 Å². The molecule has 1 saturated carbocycles. The maximum atomic E-state index is 10.5. The molecule has 1 aliphatic rings. The van der Waals surface area contributed by atoms with Crippen LogP contribution in [0.3, 0.4) is 0 Å². The van der Waals surface area contributed by atoms with Gasteiger partial charge < -0.3 is 25.1 Å². The standard InChI is InChI=1S/C18H32N4O2.HI/c1-18(23,14-22(2)3)13-20-17(21-15-7-4-5-8-15)19-11-10-16-9-6-12-24-16;/h6,9,12,15,23H,4-5,7-8,10-11,13-14H2,1-3H3,(H2,19,20,21);1H. The Hall–Kier alpha value is -0.800. The minimum absolute atomic E-state index is 0. The van der Waals surface area contributed by atoms with Crippen molar-refractivity contribution in [1.29, 1.82) is 0 Å². The molecule has 0 amide bonds. The van der Waals surface area contributed by atoms with Gasteiger partial charge in [0.05, 0.1) is 18.4 Å². The maximum absolute atomic E-state index is 10.5. The number of likely N-dealkylation sites (N-methyl/N-ethyl adjacent to an activating group) is 1. The lowest BCUT2D eigenvalue weighted by Gasteiger charge is -2.26. The number of hydrogen-bond donors (Lipinski definition) is 3. The Morgan fingerprint density at radius 1 is 1.40 bits per heavy atom. The third-order valence-corrected chi connectivity index (χ3v) is 4.17. The van der Waals surface area contributed by atoms with Gasteiger partial charge in [-0.2, -0.15) is 0 Å². The molecule has 0 saturated heterocycles. The fourth-order valence-electron chi connectivity index (χ4n) is 3.16. The zero-order valence-electron chi connectivity index (χ0n) is 15.6. The second kappa shape index (κ2) is 11.0. The first kappa shape index (κ1) is 22.2. The number of furan rings is 1. The lowest BCUT2D eigenvalue weighted by atomic mass is 10.1. The van der Waals surface area contributed by atoms with Gasteiger partial charge in [-0.3, -0.25) is 4.99 Å². The number of halogens is 1. The van der Waals surface area contributed by atoms with Crippen LogP contribution in [-0.4, -0.2) is 61.3 Å². The van der Waals surface area contributed by atoms with Crippen LogP contribution < -0.4 is 10.6 Å². The molecule has 0 radical (unpaired) electrons. The highest BCUT2D eigenvalue weighted by Gasteiger charge is 2.22. The molecular formula is C18H33IN4O2. The molecule has 144 valence electrons. The fraction of sp³-hybridized carbons (Fsp3) is 0.722. The van der Waals surface area contributed by atoms with Gasteiger partial charge >= 0.3 is 0 Å². The Labute approximate surface area is 168 Å². The predicted octanol–water partition coefficient (Wildman–Crippen LogP) is 2.23. The van der Waals surface area contributed by atoms with E-state index in [1.54, 1.807) is 6.26 Å². The zero-order valence-corrected chi connectivity index (χ0v) is 18.0. The van der Waals surface area contributed by atoms with Gasteiger partial charge in [-0.25, -0.2) is 0 Å². The predicted molar refractivity (Wildman–Crippen MR) is 113 cm³/mol. The minimum Gasteiger partial charge on any atom is -0.469 e. The largest absolute Gasteiger partial charge is 0.469 e. The van der Waals surface area contributed by atoms with E-state index < -0.39 is 5.60 Å². The van der Waals surface area contributed by atoms with Gasteiger partial charge in [-0.15, -0.1) is 24.0 Å². The highest BCUT2D eigenvalue weighted by molar-refractivity contribution is 14.0. The summed E-state index contributed by atoms with van der Waals surface area (Å²) in [4.78, 5) is 6.59. The molecule has 1 aliphatic carbocycles. The van der Waals surface area contributed by atoms with Gasteiger partial charge in [0, 0.05) is 25.6 Å². The first-order valence-corrected chi connectivity index (χ1v) is 8.89. The summed E-state index contributed by atoms with van der Waals surface area (Å²) in [6.07, 6.45) is 7.43. The number of nitrogens with zero attached hydrogens (tertiary/aromatic N) is 2. The summed E-state index contributed by atoms with van der Waals surface area (Å²) >= 11 is 0. The van der Waals surface area contributed by atoms with Crippen molar-refractivity contribution < 1.29 is 9.52 Å². The van der Waals surface area contributed by atoms with E-state index in [0.29, 0.717) is 19.1 Å². The lowest BCUT2D eigenvalue weighted by molar-refractivity contribution is 0.0423. The van der Waals surface area contributed by atoms with E-state index in [0.717, 1.165) is 24.7 Å². The Bertz CT molecular complexity index is 497. The average molecular weight is 464 g/mol. The van der Waals surface area contributed by atoms with Crippen molar-refractivity contribution in [2.75, 3.05) is 33.7 Å². The summed E-state index contributed by atoms with van der Waals surface area (Å²) in [5.41, 5.74) is -0.838. The van der Waals surface area contributed by atoms with Crippen molar-refractivity contribution in [2.45, 2.75) is 50.7 Å². The third kappa shape index (κ3) is 8.91. The van der Waals surface area contributed by atoms with Crippen molar-refractivity contribution in [3.63, 3.8) is 0 Å². The molecule has 1 aromatic rings. The molecular weight excluding hydrogens is 431 g/mol. The molecule has 6 nitrogen and oxygen atoms in total. The summed E-state index contributed by atoms with van der Waals surface area (Å²) < 4.78 is 5.36. The normalized spacial score (nSPS) is 18.0. The Morgan fingerprint density at radius 3 is 2.72 bits per heavy atom. The van der Waals surface area contributed by atoms with E-state index in [-0.39, 0.29) is 24.0 Å². The summed E-state index contributed by atoms with van der Waals surface area (Å²) in [6, 6.07) is 4.36. The van der Waals surface area contributed by atoms with E-state index in [1.165, 1.54) is 25.7 Å². The molecule has 1 aromatic heterocycles. The monoisotopic (exact) mass is 464 g/mol. The van der Waals surface area contributed by atoms with Crippen LogP contribution in [0.1, 0.15) is 38.4 Å². The lowest BCUT2D eigenvalue weighted by Crippen LogP contribution is -2.45. The van der Waals surface area contributed by atoms with Gasteiger partial charge in [0.1, 0.15) is 5.76 Å². The highest BCUT2D eigenvalue weighted by atomic mass is 127. The van der Waals surface area contributed by atoms with Gasteiger partial charge in [0.25, 0.3) is 0 Å². The van der Waals surface area contributed by atoms with Gasteiger partial charge in [-0.05, 0) is 46.0 Å². The van der Waals surface area contributed by atoms with Crippen molar-refractivity contribution in [1.82, 2.24) is 15.5 Å². The molecule has 3 N–H and O–H groups in total. The van der Waals surface area contributed by atoms with Gasteiger partial charge in [-0.1, -0.05) is 12.8 Å². The molecule has 0 bridgehead atoms. The number of hydrogen-bond acceptors (Lipinski definition) is 4. The quantitative estimate of drug-likeness (QED) is 0.313. The Morgan fingerprint density at radius 2 is 2.12 bits per heavy atom. The fourth-order valence-corrected chi connectivity index (χ4v) is 3.16. The van der Waals surface area contributed by atoms with Crippen LogP contribution in [0, 0.1) is 0 Å². The second-order valence-electron chi connectivity index (χ2n) is 7.28. The van der Waals surface area contributed by atoms with Crippen LogP contribution in [0.5, 0.6) is 0 Å². The van der Waals surface area contributed by atoms with Gasteiger partial charge in [0.15, 0.2) is 5.96 Å². The van der Waals surface area contributed by atoms with Crippen LogP contribution in [0.15, 0.2) is 27.8 Å². The summed E-state index contributed by atoms with van der Waals surface area (Å²) in [5.74, 6) is 1.75. The molecule has 1 fully saturated rings. The number of rotatable bonds is 8. The first-order chi connectivity index (χ1) is 11.4. The van der Waals surface area contributed by atoms with Crippen LogP contribution in [0.2, 0.25) is 0 Å². The van der Waals surface area contributed by atoms with E-state index >= 15 is 0 Å². The Balaban J connectivity index is 0.00000312. The second-order valence-corrected chi connectivity index (χ2v) is 7.28. The number of aliphatic hydroxyl groups is 1. The Kier molecular flexibility index (Phi) is 9.81. The number of nitrogens with one attached hydrogen (secondary N) is 2. The van der Waals surface area contributed by atoms with E-state index in [4.69, 9.17) is 4.42 Å². The van der Waals surface area contributed by atoms with Crippen molar-refractivity contribution in [2.24, 2.45) is 4.99 Å². The highest BCUT2D eigenvalue weighted by Crippen LogP contribution is 2.17.